The van der Waals surface area contributed by atoms with E-state index in [4.69, 9.17) is 0 Å². The van der Waals surface area contributed by atoms with Gasteiger partial charge in [0.1, 0.15) is 0 Å². The van der Waals surface area contributed by atoms with Crippen LogP contribution in [0.4, 0.5) is 0 Å². The molecule has 1 aromatic heterocycles. The van der Waals surface area contributed by atoms with E-state index in [2.05, 4.69) is 29.8 Å². The van der Waals surface area contributed by atoms with E-state index in [1.54, 1.807) is 0 Å². The van der Waals surface area contributed by atoms with E-state index >= 15 is 0 Å². The SMILES string of the molecule is CCSCCNCc1cccs1. The molecule has 1 nitrogen and oxygen atoms in total. The van der Waals surface area contributed by atoms with Crippen molar-refractivity contribution in [2.45, 2.75) is 13.5 Å². The first kappa shape index (κ1) is 10.1. The monoisotopic (exact) mass is 201 g/mol. The fourth-order valence-corrected chi connectivity index (χ4v) is 2.17. The predicted molar refractivity (Wildman–Crippen MR) is 59.0 cm³/mol. The summed E-state index contributed by atoms with van der Waals surface area (Å²) in [4.78, 5) is 1.43. The zero-order valence-electron chi connectivity index (χ0n) is 7.38. The maximum Gasteiger partial charge on any atom is 0.0300 e. The number of thiophene rings is 1. The fourth-order valence-electron chi connectivity index (χ4n) is 0.913. The van der Waals surface area contributed by atoms with Crippen molar-refractivity contribution in [3.05, 3.63) is 22.4 Å². The second-order valence-electron chi connectivity index (χ2n) is 2.45. The highest BCUT2D eigenvalue weighted by Gasteiger charge is 1.91. The topological polar surface area (TPSA) is 12.0 Å². The molecule has 0 aromatic carbocycles. The van der Waals surface area contributed by atoms with Crippen molar-refractivity contribution in [1.82, 2.24) is 5.32 Å². The molecule has 12 heavy (non-hydrogen) atoms. The first-order valence-electron chi connectivity index (χ1n) is 4.24. The number of thioether (sulfide) groups is 1. The van der Waals surface area contributed by atoms with Crippen LogP contribution in [0.15, 0.2) is 17.5 Å². The number of hydrogen-bond donors (Lipinski definition) is 1. The third-order valence-corrected chi connectivity index (χ3v) is 3.28. The molecular weight excluding hydrogens is 186 g/mol. The summed E-state index contributed by atoms with van der Waals surface area (Å²) in [5.74, 6) is 2.45. The minimum absolute atomic E-state index is 1.03. The molecule has 0 radical (unpaired) electrons. The van der Waals surface area contributed by atoms with Crippen LogP contribution in [-0.2, 0) is 6.54 Å². The Bertz CT molecular complexity index is 184. The van der Waals surface area contributed by atoms with Crippen LogP contribution in [0.25, 0.3) is 0 Å². The molecule has 0 saturated carbocycles. The van der Waals surface area contributed by atoms with E-state index in [9.17, 15) is 0 Å². The summed E-state index contributed by atoms with van der Waals surface area (Å²) in [6.45, 7) is 4.35. The molecule has 68 valence electrons. The van der Waals surface area contributed by atoms with Gasteiger partial charge in [0.05, 0.1) is 0 Å². The molecule has 1 N–H and O–H groups in total. The van der Waals surface area contributed by atoms with Gasteiger partial charge in [-0.2, -0.15) is 11.8 Å². The molecule has 0 saturated heterocycles. The molecule has 0 bridgehead atoms. The van der Waals surface area contributed by atoms with Gasteiger partial charge in [-0.1, -0.05) is 13.0 Å². The highest BCUT2D eigenvalue weighted by atomic mass is 32.2. The largest absolute Gasteiger partial charge is 0.311 e. The molecule has 0 atom stereocenters. The van der Waals surface area contributed by atoms with E-state index in [-0.39, 0.29) is 0 Å². The van der Waals surface area contributed by atoms with E-state index in [1.165, 1.54) is 16.4 Å². The predicted octanol–water partition coefficient (Wildman–Crippen LogP) is 2.59. The summed E-state index contributed by atoms with van der Waals surface area (Å²) in [6, 6.07) is 4.27. The van der Waals surface area contributed by atoms with Gasteiger partial charge in [-0.05, 0) is 17.2 Å². The molecule has 0 aliphatic carbocycles. The van der Waals surface area contributed by atoms with Crippen LogP contribution in [-0.4, -0.2) is 18.1 Å². The van der Waals surface area contributed by atoms with Gasteiger partial charge in [-0.25, -0.2) is 0 Å². The second-order valence-corrected chi connectivity index (χ2v) is 4.88. The van der Waals surface area contributed by atoms with Gasteiger partial charge >= 0.3 is 0 Å². The number of hydrogen-bond acceptors (Lipinski definition) is 3. The first-order valence-corrected chi connectivity index (χ1v) is 6.27. The molecular formula is C9H15NS2. The Hall–Kier alpha value is 0.01000. The van der Waals surface area contributed by atoms with Crippen LogP contribution in [0.5, 0.6) is 0 Å². The molecule has 0 amide bonds. The van der Waals surface area contributed by atoms with Crippen LogP contribution < -0.4 is 5.32 Å². The van der Waals surface area contributed by atoms with Crippen LogP contribution in [0, 0.1) is 0 Å². The van der Waals surface area contributed by atoms with Gasteiger partial charge < -0.3 is 5.32 Å². The van der Waals surface area contributed by atoms with Crippen LogP contribution in [0.3, 0.4) is 0 Å². The van der Waals surface area contributed by atoms with Gasteiger partial charge in [0.2, 0.25) is 0 Å². The van der Waals surface area contributed by atoms with Gasteiger partial charge in [-0.3, -0.25) is 0 Å². The van der Waals surface area contributed by atoms with Gasteiger partial charge in [0, 0.05) is 23.7 Å². The summed E-state index contributed by atoms with van der Waals surface area (Å²) in [5, 5.41) is 5.53. The number of nitrogens with one attached hydrogen (secondary N) is 1. The zero-order chi connectivity index (χ0) is 8.65. The van der Waals surface area contributed by atoms with Crippen molar-refractivity contribution >= 4 is 23.1 Å². The van der Waals surface area contributed by atoms with Crippen LogP contribution >= 0.6 is 23.1 Å². The summed E-state index contributed by atoms with van der Waals surface area (Å²) in [7, 11) is 0. The fraction of sp³-hybridized carbons (Fsp3) is 0.556. The minimum Gasteiger partial charge on any atom is -0.311 e. The van der Waals surface area contributed by atoms with Crippen molar-refractivity contribution in [1.29, 1.82) is 0 Å². The molecule has 1 rings (SSSR count). The molecule has 0 aliphatic rings. The van der Waals surface area contributed by atoms with Crippen molar-refractivity contribution in [3.63, 3.8) is 0 Å². The summed E-state index contributed by atoms with van der Waals surface area (Å²) >= 11 is 3.80. The average Bonchev–Trinajstić information content (AvgIpc) is 2.57. The quantitative estimate of drug-likeness (QED) is 0.710. The normalized spacial score (nSPS) is 10.4. The highest BCUT2D eigenvalue weighted by molar-refractivity contribution is 7.99. The Morgan fingerprint density at radius 3 is 3.17 bits per heavy atom. The zero-order valence-corrected chi connectivity index (χ0v) is 9.01. The smallest absolute Gasteiger partial charge is 0.0300 e. The lowest BCUT2D eigenvalue weighted by Crippen LogP contribution is -2.15. The lowest BCUT2D eigenvalue weighted by molar-refractivity contribution is 0.741. The second kappa shape index (κ2) is 6.52. The number of rotatable bonds is 6. The van der Waals surface area contributed by atoms with Crippen molar-refractivity contribution in [3.8, 4) is 0 Å². The summed E-state index contributed by atoms with van der Waals surface area (Å²) < 4.78 is 0. The van der Waals surface area contributed by atoms with Crippen molar-refractivity contribution in [2.24, 2.45) is 0 Å². The average molecular weight is 201 g/mol. The lowest BCUT2D eigenvalue weighted by atomic mass is 10.4. The van der Waals surface area contributed by atoms with Gasteiger partial charge in [0.25, 0.3) is 0 Å². The third kappa shape index (κ3) is 4.14. The Kier molecular flexibility index (Phi) is 5.48. The maximum atomic E-state index is 3.41. The van der Waals surface area contributed by atoms with Crippen LogP contribution in [0.1, 0.15) is 11.8 Å². The Morgan fingerprint density at radius 1 is 1.58 bits per heavy atom. The van der Waals surface area contributed by atoms with Crippen molar-refractivity contribution < 1.29 is 0 Å². The van der Waals surface area contributed by atoms with Gasteiger partial charge in [-0.15, -0.1) is 11.3 Å². The van der Waals surface area contributed by atoms with Gasteiger partial charge in [0.15, 0.2) is 0 Å². The highest BCUT2D eigenvalue weighted by Crippen LogP contribution is 2.07. The summed E-state index contributed by atoms with van der Waals surface area (Å²) in [6.07, 6.45) is 0. The molecule has 1 aromatic rings. The first-order chi connectivity index (χ1) is 5.93. The van der Waals surface area contributed by atoms with Crippen molar-refractivity contribution in [2.75, 3.05) is 18.1 Å². The maximum absolute atomic E-state index is 3.41. The molecule has 0 aliphatic heterocycles. The molecule has 0 fully saturated rings. The minimum atomic E-state index is 1.03. The molecule has 3 heteroatoms. The lowest BCUT2D eigenvalue weighted by Gasteiger charge is -2.00. The van der Waals surface area contributed by atoms with E-state index in [1.807, 2.05) is 23.1 Å². The van der Waals surface area contributed by atoms with E-state index in [0.29, 0.717) is 0 Å². The van der Waals surface area contributed by atoms with E-state index in [0.717, 1.165) is 13.1 Å². The standard InChI is InChI=1S/C9H15NS2/c1-2-11-7-5-10-8-9-4-3-6-12-9/h3-4,6,10H,2,5,7-8H2,1H3. The Balaban J connectivity index is 1.96. The van der Waals surface area contributed by atoms with Crippen LogP contribution in [0.2, 0.25) is 0 Å². The Labute approximate surface area is 82.6 Å². The summed E-state index contributed by atoms with van der Waals surface area (Å²) in [5.41, 5.74) is 0. The molecule has 1 heterocycles. The third-order valence-electron chi connectivity index (χ3n) is 1.51. The van der Waals surface area contributed by atoms with E-state index < -0.39 is 0 Å². The molecule has 0 unspecified atom stereocenters. The molecule has 0 spiro atoms. The Morgan fingerprint density at radius 2 is 2.50 bits per heavy atom.